The molecule has 23 heavy (non-hydrogen) atoms. The third kappa shape index (κ3) is 4.00. The molecule has 0 amide bonds. The Morgan fingerprint density at radius 2 is 2.26 bits per heavy atom. The average Bonchev–Trinajstić information content (AvgIpc) is 3.14. The molecule has 1 N–H and O–H groups in total. The summed E-state index contributed by atoms with van der Waals surface area (Å²) in [6, 6.07) is 4.38. The van der Waals surface area contributed by atoms with Crippen molar-refractivity contribution in [1.29, 1.82) is 0 Å². The van der Waals surface area contributed by atoms with Crippen molar-refractivity contribution in [2.24, 2.45) is 0 Å². The Morgan fingerprint density at radius 3 is 2.96 bits per heavy atom. The van der Waals surface area contributed by atoms with Crippen LogP contribution in [-0.2, 0) is 23.1 Å². The van der Waals surface area contributed by atoms with Crippen LogP contribution in [0.1, 0.15) is 28.4 Å². The second-order valence-corrected chi connectivity index (χ2v) is 9.35. The van der Waals surface area contributed by atoms with Gasteiger partial charge in [0.2, 0.25) is 10.0 Å². The maximum atomic E-state index is 11.7. The molecule has 3 heterocycles. The van der Waals surface area contributed by atoms with E-state index < -0.39 is 10.0 Å². The number of hydrogen-bond acceptors (Lipinski definition) is 5. The van der Waals surface area contributed by atoms with Crippen LogP contribution >= 0.6 is 11.3 Å². The minimum absolute atomic E-state index is 0.0728. The van der Waals surface area contributed by atoms with Gasteiger partial charge in [0.1, 0.15) is 0 Å². The third-order valence-electron chi connectivity index (χ3n) is 4.09. The fraction of sp³-hybridized carbons (Fsp3) is 0.533. The molecule has 126 valence electrons. The van der Waals surface area contributed by atoms with Gasteiger partial charge in [0.05, 0.1) is 23.8 Å². The van der Waals surface area contributed by atoms with Crippen molar-refractivity contribution in [2.45, 2.75) is 33.0 Å². The molecule has 1 atom stereocenters. The van der Waals surface area contributed by atoms with Gasteiger partial charge in [-0.15, -0.1) is 11.3 Å². The van der Waals surface area contributed by atoms with Crippen LogP contribution in [-0.4, -0.2) is 41.7 Å². The zero-order valence-corrected chi connectivity index (χ0v) is 15.0. The predicted octanol–water partition coefficient (Wildman–Crippen LogP) is 1.75. The molecule has 0 saturated heterocycles. The molecule has 0 aliphatic carbocycles. The molecular weight excluding hydrogens is 332 g/mol. The lowest BCUT2D eigenvalue weighted by atomic mass is 10.2. The molecular formula is C15H22N4O2S2. The first kappa shape index (κ1) is 16.6. The minimum Gasteiger partial charge on any atom is -0.328 e. The van der Waals surface area contributed by atoms with Crippen LogP contribution in [0.25, 0.3) is 0 Å². The van der Waals surface area contributed by atoms with Crippen LogP contribution in [0.15, 0.2) is 24.7 Å². The summed E-state index contributed by atoms with van der Waals surface area (Å²) in [5, 5.41) is 0. The normalized spacial score (nSPS) is 19.0. The van der Waals surface area contributed by atoms with Crippen molar-refractivity contribution in [2.75, 3.05) is 18.8 Å². The maximum Gasteiger partial charge on any atom is 0.211 e. The van der Waals surface area contributed by atoms with E-state index in [-0.39, 0.29) is 11.8 Å². The zero-order chi connectivity index (χ0) is 16.4. The fourth-order valence-corrected chi connectivity index (χ4v) is 4.45. The fourth-order valence-electron chi connectivity index (χ4n) is 2.86. The molecule has 8 heteroatoms. The molecule has 1 aliphatic rings. The summed E-state index contributed by atoms with van der Waals surface area (Å²) in [6.45, 7) is 6.71. The highest BCUT2D eigenvalue weighted by molar-refractivity contribution is 7.89. The van der Waals surface area contributed by atoms with Crippen molar-refractivity contribution >= 4 is 21.4 Å². The van der Waals surface area contributed by atoms with Gasteiger partial charge in [0, 0.05) is 42.1 Å². The van der Waals surface area contributed by atoms with Crippen molar-refractivity contribution in [3.05, 3.63) is 40.1 Å². The number of hydrogen-bond donors (Lipinski definition) is 1. The van der Waals surface area contributed by atoms with Gasteiger partial charge in [0.25, 0.3) is 0 Å². The summed E-state index contributed by atoms with van der Waals surface area (Å²) in [5.74, 6) is 0.106. The first-order valence-electron chi connectivity index (χ1n) is 7.72. The summed E-state index contributed by atoms with van der Waals surface area (Å²) in [4.78, 5) is 9.23. The summed E-state index contributed by atoms with van der Waals surface area (Å²) >= 11 is 1.81. The van der Waals surface area contributed by atoms with Gasteiger partial charge in [-0.25, -0.2) is 18.1 Å². The first-order valence-corrected chi connectivity index (χ1v) is 10.2. The lowest BCUT2D eigenvalue weighted by Crippen LogP contribution is -2.42. The lowest BCUT2D eigenvalue weighted by molar-refractivity contribution is 0.179. The minimum atomic E-state index is -3.18. The van der Waals surface area contributed by atoms with E-state index >= 15 is 0 Å². The van der Waals surface area contributed by atoms with Gasteiger partial charge in [0.15, 0.2) is 0 Å². The van der Waals surface area contributed by atoms with Crippen molar-refractivity contribution in [3.63, 3.8) is 0 Å². The van der Waals surface area contributed by atoms with Crippen LogP contribution < -0.4 is 4.72 Å². The Hall–Kier alpha value is -1.22. The zero-order valence-electron chi connectivity index (χ0n) is 13.4. The van der Waals surface area contributed by atoms with E-state index in [1.54, 1.807) is 13.3 Å². The quantitative estimate of drug-likeness (QED) is 0.858. The standard InChI is InChI=1S/C15H22N4O2S2/c1-3-23(20,21)17-7-14-9-18(8-13-6-16-11-19(13)14)10-15-5-4-12(2)22-15/h4-6,11,14,17H,3,7-10H2,1-2H3/t14-/m0/s1. The van der Waals surface area contributed by atoms with Gasteiger partial charge in [-0.3, -0.25) is 4.90 Å². The van der Waals surface area contributed by atoms with Crippen LogP contribution in [0.2, 0.25) is 0 Å². The van der Waals surface area contributed by atoms with Gasteiger partial charge in [-0.05, 0) is 26.0 Å². The second kappa shape index (κ2) is 6.72. The van der Waals surface area contributed by atoms with Crippen LogP contribution in [0.4, 0.5) is 0 Å². The molecule has 0 radical (unpaired) electrons. The van der Waals surface area contributed by atoms with Crippen LogP contribution in [0.5, 0.6) is 0 Å². The summed E-state index contributed by atoms with van der Waals surface area (Å²) in [5.41, 5.74) is 1.13. The van der Waals surface area contributed by atoms with Crippen molar-refractivity contribution in [1.82, 2.24) is 19.2 Å². The Kier molecular flexibility index (Phi) is 4.86. The van der Waals surface area contributed by atoms with Gasteiger partial charge in [-0.2, -0.15) is 0 Å². The largest absolute Gasteiger partial charge is 0.328 e. The van der Waals surface area contributed by atoms with Gasteiger partial charge >= 0.3 is 0 Å². The lowest BCUT2D eigenvalue weighted by Gasteiger charge is -2.34. The average molecular weight is 355 g/mol. The Bertz CT molecular complexity index is 766. The monoisotopic (exact) mass is 354 g/mol. The number of fused-ring (bicyclic) bond motifs is 1. The second-order valence-electron chi connectivity index (χ2n) is 5.88. The molecule has 3 rings (SSSR count). The Balaban J connectivity index is 1.72. The molecule has 1 aliphatic heterocycles. The van der Waals surface area contributed by atoms with E-state index in [1.807, 2.05) is 17.5 Å². The van der Waals surface area contributed by atoms with Gasteiger partial charge in [-0.1, -0.05) is 0 Å². The molecule has 0 saturated carbocycles. The van der Waals surface area contributed by atoms with E-state index in [4.69, 9.17) is 0 Å². The van der Waals surface area contributed by atoms with Gasteiger partial charge < -0.3 is 4.57 Å². The van der Waals surface area contributed by atoms with Crippen LogP contribution in [0.3, 0.4) is 0 Å². The topological polar surface area (TPSA) is 67.2 Å². The summed E-state index contributed by atoms with van der Waals surface area (Å²) in [7, 11) is -3.18. The smallest absolute Gasteiger partial charge is 0.211 e. The highest BCUT2D eigenvalue weighted by Gasteiger charge is 2.26. The number of rotatable bonds is 6. The molecule has 0 spiro atoms. The summed E-state index contributed by atoms with van der Waals surface area (Å²) < 4.78 is 28.2. The van der Waals surface area contributed by atoms with Crippen molar-refractivity contribution in [3.8, 4) is 0 Å². The third-order valence-corrected chi connectivity index (χ3v) is 6.44. The van der Waals surface area contributed by atoms with E-state index in [9.17, 15) is 8.42 Å². The molecule has 0 unspecified atom stereocenters. The number of aromatic nitrogens is 2. The predicted molar refractivity (Wildman–Crippen MR) is 91.9 cm³/mol. The van der Waals surface area contributed by atoms with Crippen molar-refractivity contribution < 1.29 is 8.42 Å². The maximum absolute atomic E-state index is 11.7. The highest BCUT2D eigenvalue weighted by Crippen LogP contribution is 2.24. The van der Waals surface area contributed by atoms with Crippen LogP contribution in [0, 0.1) is 6.92 Å². The molecule has 0 fully saturated rings. The first-order chi connectivity index (χ1) is 11.0. The highest BCUT2D eigenvalue weighted by atomic mass is 32.2. The number of nitrogens with zero attached hydrogens (tertiary/aromatic N) is 3. The molecule has 0 aromatic carbocycles. The van der Waals surface area contributed by atoms with E-state index in [2.05, 4.69) is 38.2 Å². The summed E-state index contributed by atoms with van der Waals surface area (Å²) in [6.07, 6.45) is 3.67. The number of thiophene rings is 1. The van der Waals surface area contributed by atoms with E-state index in [0.29, 0.717) is 6.54 Å². The molecule has 2 aromatic heterocycles. The molecule has 0 bridgehead atoms. The number of imidazole rings is 1. The Labute approximate surface area is 141 Å². The Morgan fingerprint density at radius 1 is 1.43 bits per heavy atom. The molecule has 6 nitrogen and oxygen atoms in total. The number of sulfonamides is 1. The molecule has 2 aromatic rings. The number of nitrogens with one attached hydrogen (secondary N) is 1. The van der Waals surface area contributed by atoms with E-state index in [1.165, 1.54) is 9.75 Å². The number of aryl methyl sites for hydroxylation is 1. The SMILES string of the molecule is CCS(=O)(=O)NC[C@H]1CN(Cc2ccc(C)s2)Cc2cncn21. The van der Waals surface area contributed by atoms with E-state index in [0.717, 1.165) is 25.3 Å².